The van der Waals surface area contributed by atoms with E-state index in [1.165, 1.54) is 39.5 Å². The minimum atomic E-state index is -4.77. The first-order valence-electron chi connectivity index (χ1n) is 7.49. The Bertz CT molecular complexity index is 790. The highest BCUT2D eigenvalue weighted by molar-refractivity contribution is 7.80. The quantitative estimate of drug-likeness (QED) is 0.694. The van der Waals surface area contributed by atoms with Crippen molar-refractivity contribution in [3.05, 3.63) is 36.4 Å². The summed E-state index contributed by atoms with van der Waals surface area (Å²) in [6.45, 7) is 0. The van der Waals surface area contributed by atoms with Crippen molar-refractivity contribution in [2.45, 2.75) is 6.36 Å². The summed E-state index contributed by atoms with van der Waals surface area (Å²) < 4.78 is 56.6. The fraction of sp³-hybridized carbons (Fsp3) is 0.235. The number of nitrogens with one attached hydrogen (secondary N) is 2. The first-order chi connectivity index (χ1) is 12.8. The number of hydrogen-bond acceptors (Lipinski definition) is 5. The van der Waals surface area contributed by atoms with Crippen LogP contribution in [0.25, 0.3) is 0 Å². The first-order valence-corrected chi connectivity index (χ1v) is 7.90. The number of rotatable bonds is 6. The highest BCUT2D eigenvalue weighted by Crippen LogP contribution is 2.40. The van der Waals surface area contributed by atoms with Gasteiger partial charge in [-0.05, 0) is 24.4 Å². The van der Waals surface area contributed by atoms with E-state index >= 15 is 0 Å². The normalized spacial score (nSPS) is 10.7. The van der Waals surface area contributed by atoms with Crippen LogP contribution >= 0.6 is 12.2 Å². The molecule has 0 spiro atoms. The molecule has 0 amide bonds. The molecule has 0 aliphatic heterocycles. The van der Waals surface area contributed by atoms with Gasteiger partial charge in [0.05, 0.1) is 21.3 Å². The van der Waals surface area contributed by atoms with Gasteiger partial charge in [0.15, 0.2) is 16.6 Å². The largest absolute Gasteiger partial charge is 0.573 e. The van der Waals surface area contributed by atoms with Gasteiger partial charge in [-0.1, -0.05) is 6.07 Å². The maximum atomic E-state index is 12.3. The maximum absolute atomic E-state index is 12.3. The molecular formula is C17H17F3N2O4S. The van der Waals surface area contributed by atoms with Gasteiger partial charge in [-0.25, -0.2) is 0 Å². The molecule has 0 fully saturated rings. The Morgan fingerprint density at radius 3 is 2.00 bits per heavy atom. The molecule has 0 heterocycles. The van der Waals surface area contributed by atoms with Gasteiger partial charge in [-0.2, -0.15) is 0 Å². The molecule has 2 rings (SSSR count). The lowest BCUT2D eigenvalue weighted by molar-refractivity contribution is -0.274. The number of hydrogen-bond donors (Lipinski definition) is 2. The van der Waals surface area contributed by atoms with Crippen molar-refractivity contribution in [2.24, 2.45) is 0 Å². The van der Waals surface area contributed by atoms with Crippen LogP contribution < -0.4 is 29.6 Å². The molecule has 0 saturated heterocycles. The Kier molecular flexibility index (Phi) is 6.56. The van der Waals surface area contributed by atoms with Crippen molar-refractivity contribution in [1.29, 1.82) is 0 Å². The third kappa shape index (κ3) is 5.81. The van der Waals surface area contributed by atoms with E-state index < -0.39 is 6.36 Å². The summed E-state index contributed by atoms with van der Waals surface area (Å²) in [6, 6.07) is 8.60. The second kappa shape index (κ2) is 8.67. The zero-order valence-corrected chi connectivity index (χ0v) is 15.5. The molecular weight excluding hydrogens is 385 g/mol. The van der Waals surface area contributed by atoms with Crippen molar-refractivity contribution in [3.8, 4) is 23.0 Å². The van der Waals surface area contributed by atoms with Crippen molar-refractivity contribution in [2.75, 3.05) is 32.0 Å². The topological polar surface area (TPSA) is 61.0 Å². The predicted molar refractivity (Wildman–Crippen MR) is 99.1 cm³/mol. The van der Waals surface area contributed by atoms with Crippen molar-refractivity contribution >= 4 is 28.7 Å². The molecule has 0 aliphatic rings. The van der Waals surface area contributed by atoms with Gasteiger partial charge in [-0.3, -0.25) is 0 Å². The number of benzene rings is 2. The van der Waals surface area contributed by atoms with Crippen molar-refractivity contribution in [1.82, 2.24) is 0 Å². The second-order valence-corrected chi connectivity index (χ2v) is 5.48. The lowest BCUT2D eigenvalue weighted by Gasteiger charge is -2.16. The van der Waals surface area contributed by atoms with Crippen LogP contribution in [0.5, 0.6) is 23.0 Å². The monoisotopic (exact) mass is 402 g/mol. The van der Waals surface area contributed by atoms with E-state index in [0.29, 0.717) is 28.6 Å². The molecule has 0 aliphatic carbocycles. The molecule has 6 nitrogen and oxygen atoms in total. The van der Waals surface area contributed by atoms with Crippen LogP contribution in [0.1, 0.15) is 0 Å². The van der Waals surface area contributed by atoms with E-state index in [-0.39, 0.29) is 10.9 Å². The zero-order chi connectivity index (χ0) is 20.0. The molecule has 146 valence electrons. The molecule has 2 aromatic carbocycles. The van der Waals surface area contributed by atoms with Gasteiger partial charge in [0.25, 0.3) is 0 Å². The van der Waals surface area contributed by atoms with E-state index in [1.807, 2.05) is 0 Å². The Labute approximate surface area is 159 Å². The maximum Gasteiger partial charge on any atom is 0.573 e. The van der Waals surface area contributed by atoms with Crippen LogP contribution in [0.4, 0.5) is 24.5 Å². The van der Waals surface area contributed by atoms with E-state index in [0.717, 1.165) is 0 Å². The fourth-order valence-corrected chi connectivity index (χ4v) is 2.45. The number of anilines is 2. The summed E-state index contributed by atoms with van der Waals surface area (Å²) in [5.74, 6) is 0.898. The van der Waals surface area contributed by atoms with E-state index in [1.54, 1.807) is 18.2 Å². The SMILES string of the molecule is COc1cc(NC(=S)Nc2cccc(OC(F)(F)F)c2)cc(OC)c1OC. The lowest BCUT2D eigenvalue weighted by Crippen LogP contribution is -2.20. The minimum absolute atomic E-state index is 0.147. The third-order valence-corrected chi connectivity index (χ3v) is 3.45. The Hall–Kier alpha value is -2.88. The predicted octanol–water partition coefficient (Wildman–Crippen LogP) is 4.42. The number of halogens is 3. The van der Waals surface area contributed by atoms with Gasteiger partial charge >= 0.3 is 6.36 Å². The van der Waals surface area contributed by atoms with Crippen LogP contribution in [-0.4, -0.2) is 32.8 Å². The molecule has 0 saturated carbocycles. The summed E-state index contributed by atoms with van der Waals surface area (Å²) in [6.07, 6.45) is -4.77. The number of alkyl halides is 3. The van der Waals surface area contributed by atoms with Gasteiger partial charge in [0, 0.05) is 29.6 Å². The van der Waals surface area contributed by atoms with Crippen LogP contribution in [0.15, 0.2) is 36.4 Å². The van der Waals surface area contributed by atoms with Gasteiger partial charge in [0.2, 0.25) is 5.75 Å². The summed E-state index contributed by atoms with van der Waals surface area (Å²) in [4.78, 5) is 0. The summed E-state index contributed by atoms with van der Waals surface area (Å²) in [5, 5.41) is 5.83. The van der Waals surface area contributed by atoms with E-state index in [4.69, 9.17) is 26.4 Å². The third-order valence-electron chi connectivity index (χ3n) is 3.25. The summed E-state index contributed by atoms with van der Waals surface area (Å²) in [7, 11) is 4.43. The molecule has 0 aromatic heterocycles. The molecule has 27 heavy (non-hydrogen) atoms. The molecule has 0 unspecified atom stereocenters. The molecule has 0 bridgehead atoms. The van der Waals surface area contributed by atoms with Gasteiger partial charge < -0.3 is 29.6 Å². The van der Waals surface area contributed by atoms with Crippen LogP contribution in [0, 0.1) is 0 Å². The Morgan fingerprint density at radius 1 is 0.889 bits per heavy atom. The Morgan fingerprint density at radius 2 is 1.48 bits per heavy atom. The standard InChI is InChI=1S/C17H17F3N2O4S/c1-23-13-8-11(9-14(24-2)15(13)25-3)22-16(27)21-10-5-4-6-12(7-10)26-17(18,19)20/h4-9H,1-3H3,(H2,21,22,27). The highest BCUT2D eigenvalue weighted by atomic mass is 32.1. The highest BCUT2D eigenvalue weighted by Gasteiger charge is 2.31. The van der Waals surface area contributed by atoms with Crippen molar-refractivity contribution < 1.29 is 32.1 Å². The average Bonchev–Trinajstić information content (AvgIpc) is 2.59. The average molecular weight is 402 g/mol. The molecule has 10 heteroatoms. The molecule has 2 N–H and O–H groups in total. The van der Waals surface area contributed by atoms with E-state index in [2.05, 4.69) is 15.4 Å². The fourth-order valence-electron chi connectivity index (χ4n) is 2.22. The minimum Gasteiger partial charge on any atom is -0.493 e. The Balaban J connectivity index is 2.13. The smallest absolute Gasteiger partial charge is 0.493 e. The second-order valence-electron chi connectivity index (χ2n) is 5.07. The van der Waals surface area contributed by atoms with Crippen LogP contribution in [-0.2, 0) is 0 Å². The summed E-state index contributed by atoms with van der Waals surface area (Å²) >= 11 is 5.19. The summed E-state index contributed by atoms with van der Waals surface area (Å²) in [5.41, 5.74) is 0.853. The molecule has 0 radical (unpaired) electrons. The zero-order valence-electron chi connectivity index (χ0n) is 14.6. The van der Waals surface area contributed by atoms with Gasteiger partial charge in [0.1, 0.15) is 5.75 Å². The van der Waals surface area contributed by atoms with Gasteiger partial charge in [-0.15, -0.1) is 13.2 Å². The number of thiocarbonyl (C=S) groups is 1. The number of methoxy groups -OCH3 is 3. The number of ether oxygens (including phenoxy) is 4. The first kappa shape index (κ1) is 20.4. The molecule has 2 aromatic rings. The van der Waals surface area contributed by atoms with Crippen molar-refractivity contribution in [3.63, 3.8) is 0 Å². The van der Waals surface area contributed by atoms with Crippen LogP contribution in [0.2, 0.25) is 0 Å². The molecule has 0 atom stereocenters. The lowest BCUT2D eigenvalue weighted by atomic mass is 10.2. The van der Waals surface area contributed by atoms with Crippen LogP contribution in [0.3, 0.4) is 0 Å². The van der Waals surface area contributed by atoms with E-state index in [9.17, 15) is 13.2 Å².